The van der Waals surface area contributed by atoms with Gasteiger partial charge in [-0.1, -0.05) is 12.2 Å². The molecule has 0 aliphatic heterocycles. The summed E-state index contributed by atoms with van der Waals surface area (Å²) in [5.74, 6) is 0.872. The van der Waals surface area contributed by atoms with Crippen molar-refractivity contribution in [2.45, 2.75) is 25.8 Å². The highest BCUT2D eigenvalue weighted by Crippen LogP contribution is 2.18. The van der Waals surface area contributed by atoms with Crippen LogP contribution in [0, 0.1) is 0 Å². The standard InChI is InChI=1S/C11H21N3O/c1-9(2)8-15-7-6-13-11(12-3)14-10-4-5-10/h10H,1,4-8H2,2-3H3,(H2,12,13,14). The predicted molar refractivity (Wildman–Crippen MR) is 63.2 cm³/mol. The van der Waals surface area contributed by atoms with E-state index < -0.39 is 0 Å². The number of hydrogen-bond donors (Lipinski definition) is 2. The molecule has 0 saturated heterocycles. The monoisotopic (exact) mass is 211 g/mol. The van der Waals surface area contributed by atoms with Gasteiger partial charge in [-0.2, -0.15) is 0 Å². The summed E-state index contributed by atoms with van der Waals surface area (Å²) in [5, 5.41) is 6.50. The molecule has 1 aliphatic rings. The third kappa shape index (κ3) is 6.12. The molecular weight excluding hydrogens is 190 g/mol. The maximum atomic E-state index is 5.37. The molecule has 15 heavy (non-hydrogen) atoms. The van der Waals surface area contributed by atoms with Crippen LogP contribution in [0.15, 0.2) is 17.1 Å². The number of rotatable bonds is 6. The van der Waals surface area contributed by atoms with Gasteiger partial charge in [0, 0.05) is 19.6 Å². The molecular formula is C11H21N3O. The molecule has 1 fully saturated rings. The quantitative estimate of drug-likeness (QED) is 0.297. The first-order chi connectivity index (χ1) is 7.22. The van der Waals surface area contributed by atoms with Crippen molar-refractivity contribution in [3.63, 3.8) is 0 Å². The highest BCUT2D eigenvalue weighted by Gasteiger charge is 2.21. The lowest BCUT2D eigenvalue weighted by molar-refractivity contribution is 0.161. The Labute approximate surface area is 91.8 Å². The molecule has 0 unspecified atom stereocenters. The van der Waals surface area contributed by atoms with E-state index in [4.69, 9.17) is 4.74 Å². The van der Waals surface area contributed by atoms with Crippen LogP contribution in [-0.4, -0.2) is 38.8 Å². The van der Waals surface area contributed by atoms with E-state index in [1.807, 2.05) is 6.92 Å². The van der Waals surface area contributed by atoms with Crippen LogP contribution in [0.4, 0.5) is 0 Å². The highest BCUT2D eigenvalue weighted by molar-refractivity contribution is 5.80. The Morgan fingerprint density at radius 1 is 1.53 bits per heavy atom. The van der Waals surface area contributed by atoms with E-state index >= 15 is 0 Å². The van der Waals surface area contributed by atoms with Crippen molar-refractivity contribution in [1.82, 2.24) is 10.6 Å². The van der Waals surface area contributed by atoms with Crippen LogP contribution in [0.5, 0.6) is 0 Å². The minimum absolute atomic E-state index is 0.632. The van der Waals surface area contributed by atoms with Gasteiger partial charge in [0.05, 0.1) is 13.2 Å². The van der Waals surface area contributed by atoms with Gasteiger partial charge in [0.15, 0.2) is 5.96 Å². The summed E-state index contributed by atoms with van der Waals surface area (Å²) < 4.78 is 5.37. The van der Waals surface area contributed by atoms with Crippen LogP contribution in [0.2, 0.25) is 0 Å². The Bertz CT molecular complexity index is 234. The molecule has 0 bridgehead atoms. The lowest BCUT2D eigenvalue weighted by Gasteiger charge is -2.11. The summed E-state index contributed by atoms with van der Waals surface area (Å²) in [6.07, 6.45) is 2.51. The number of hydrogen-bond acceptors (Lipinski definition) is 2. The maximum absolute atomic E-state index is 5.37. The summed E-state index contributed by atoms with van der Waals surface area (Å²) in [7, 11) is 1.78. The maximum Gasteiger partial charge on any atom is 0.191 e. The second-order valence-corrected chi connectivity index (χ2v) is 3.93. The second kappa shape index (κ2) is 6.45. The predicted octanol–water partition coefficient (Wildman–Crippen LogP) is 0.906. The Kier molecular flexibility index (Phi) is 5.18. The molecule has 0 radical (unpaired) electrons. The van der Waals surface area contributed by atoms with Gasteiger partial charge in [0.2, 0.25) is 0 Å². The molecule has 2 N–H and O–H groups in total. The first-order valence-corrected chi connectivity index (χ1v) is 5.41. The van der Waals surface area contributed by atoms with Crippen molar-refractivity contribution in [1.29, 1.82) is 0 Å². The lowest BCUT2D eigenvalue weighted by atomic mass is 10.4. The van der Waals surface area contributed by atoms with Gasteiger partial charge in [-0.05, 0) is 19.8 Å². The third-order valence-corrected chi connectivity index (χ3v) is 2.03. The number of nitrogens with one attached hydrogen (secondary N) is 2. The first kappa shape index (κ1) is 12.0. The van der Waals surface area contributed by atoms with Gasteiger partial charge in [-0.25, -0.2) is 0 Å². The van der Waals surface area contributed by atoms with Crippen molar-refractivity contribution in [2.24, 2.45) is 4.99 Å². The van der Waals surface area contributed by atoms with Crippen LogP contribution in [0.1, 0.15) is 19.8 Å². The van der Waals surface area contributed by atoms with Gasteiger partial charge in [-0.15, -0.1) is 0 Å². The summed E-state index contributed by atoms with van der Waals surface area (Å²) in [5.41, 5.74) is 1.05. The Morgan fingerprint density at radius 3 is 2.80 bits per heavy atom. The van der Waals surface area contributed by atoms with Gasteiger partial charge in [-0.3, -0.25) is 4.99 Å². The average molecular weight is 211 g/mol. The highest BCUT2D eigenvalue weighted by atomic mass is 16.5. The fourth-order valence-electron chi connectivity index (χ4n) is 1.10. The Balaban J connectivity index is 1.99. The lowest BCUT2D eigenvalue weighted by Crippen LogP contribution is -2.40. The molecule has 1 saturated carbocycles. The van der Waals surface area contributed by atoms with Gasteiger partial charge in [0.1, 0.15) is 0 Å². The molecule has 1 rings (SSSR count). The van der Waals surface area contributed by atoms with Crippen LogP contribution in [0.25, 0.3) is 0 Å². The van der Waals surface area contributed by atoms with Gasteiger partial charge < -0.3 is 15.4 Å². The van der Waals surface area contributed by atoms with Crippen molar-refractivity contribution < 1.29 is 4.74 Å². The first-order valence-electron chi connectivity index (χ1n) is 5.41. The molecule has 0 aromatic carbocycles. The number of guanidine groups is 1. The normalized spacial score (nSPS) is 16.3. The van der Waals surface area contributed by atoms with Crippen LogP contribution >= 0.6 is 0 Å². The zero-order chi connectivity index (χ0) is 11.1. The molecule has 86 valence electrons. The zero-order valence-electron chi connectivity index (χ0n) is 9.68. The van der Waals surface area contributed by atoms with Crippen LogP contribution in [-0.2, 0) is 4.74 Å². The van der Waals surface area contributed by atoms with E-state index in [0.717, 1.165) is 18.1 Å². The van der Waals surface area contributed by atoms with Crippen molar-refractivity contribution in [3.8, 4) is 0 Å². The molecule has 0 atom stereocenters. The topological polar surface area (TPSA) is 45.6 Å². The molecule has 0 aromatic rings. The molecule has 0 spiro atoms. The smallest absolute Gasteiger partial charge is 0.191 e. The van der Waals surface area contributed by atoms with Crippen LogP contribution < -0.4 is 10.6 Å². The fourth-order valence-corrected chi connectivity index (χ4v) is 1.10. The minimum atomic E-state index is 0.632. The van der Waals surface area contributed by atoms with E-state index in [0.29, 0.717) is 19.3 Å². The summed E-state index contributed by atoms with van der Waals surface area (Å²) in [6.45, 7) is 7.82. The van der Waals surface area contributed by atoms with E-state index in [-0.39, 0.29) is 0 Å². The molecule has 1 aliphatic carbocycles. The summed E-state index contributed by atoms with van der Waals surface area (Å²) in [4.78, 5) is 4.12. The summed E-state index contributed by atoms with van der Waals surface area (Å²) in [6, 6.07) is 0.632. The summed E-state index contributed by atoms with van der Waals surface area (Å²) >= 11 is 0. The fraction of sp³-hybridized carbons (Fsp3) is 0.727. The number of nitrogens with zero attached hydrogens (tertiary/aromatic N) is 1. The molecule has 0 amide bonds. The van der Waals surface area contributed by atoms with Crippen molar-refractivity contribution in [3.05, 3.63) is 12.2 Å². The minimum Gasteiger partial charge on any atom is -0.375 e. The third-order valence-electron chi connectivity index (χ3n) is 2.03. The zero-order valence-corrected chi connectivity index (χ0v) is 9.68. The molecule has 0 heterocycles. The molecule has 4 heteroatoms. The Hall–Kier alpha value is -1.03. The van der Waals surface area contributed by atoms with E-state index in [9.17, 15) is 0 Å². The SMILES string of the molecule is C=C(C)COCCNC(=NC)NC1CC1. The molecule has 4 nitrogen and oxygen atoms in total. The largest absolute Gasteiger partial charge is 0.375 e. The average Bonchev–Trinajstić information content (AvgIpc) is 2.99. The number of ether oxygens (including phenoxy) is 1. The number of aliphatic imine (C=N–C) groups is 1. The van der Waals surface area contributed by atoms with Crippen molar-refractivity contribution >= 4 is 5.96 Å². The van der Waals surface area contributed by atoms with E-state index in [2.05, 4.69) is 22.2 Å². The van der Waals surface area contributed by atoms with Crippen LogP contribution in [0.3, 0.4) is 0 Å². The Morgan fingerprint density at radius 2 is 2.27 bits per heavy atom. The van der Waals surface area contributed by atoms with Gasteiger partial charge in [0.25, 0.3) is 0 Å². The molecule has 0 aromatic heterocycles. The van der Waals surface area contributed by atoms with Crippen molar-refractivity contribution in [2.75, 3.05) is 26.8 Å². The van der Waals surface area contributed by atoms with E-state index in [1.165, 1.54) is 12.8 Å². The van der Waals surface area contributed by atoms with E-state index in [1.54, 1.807) is 7.05 Å². The van der Waals surface area contributed by atoms with Gasteiger partial charge >= 0.3 is 0 Å². The second-order valence-electron chi connectivity index (χ2n) is 3.93.